The van der Waals surface area contributed by atoms with Crippen molar-refractivity contribution in [2.45, 2.75) is 39.4 Å². The van der Waals surface area contributed by atoms with E-state index in [4.69, 9.17) is 9.47 Å². The minimum absolute atomic E-state index is 0.158. The second-order valence-corrected chi connectivity index (χ2v) is 3.86. The highest BCUT2D eigenvalue weighted by molar-refractivity contribution is 4.53. The first-order chi connectivity index (χ1) is 7.16. The Kier molecular flexibility index (Phi) is 10.3. The molecule has 0 fully saturated rings. The molecule has 1 atom stereocenters. The fraction of sp³-hybridized carbons (Fsp3) is 1.00. The third kappa shape index (κ3) is 11.8. The fourth-order valence-electron chi connectivity index (χ4n) is 1.02. The standard InChI is InChI=1S/C11H25NO3/c1-4-5-12-6-7-14-8-11(13)9-15-10(2)3/h10-13H,4-9H2,1-3H3. The highest BCUT2D eigenvalue weighted by atomic mass is 16.5. The zero-order valence-electron chi connectivity index (χ0n) is 10.2. The topological polar surface area (TPSA) is 50.7 Å². The Morgan fingerprint density at radius 2 is 1.93 bits per heavy atom. The molecule has 0 aromatic carbocycles. The van der Waals surface area contributed by atoms with E-state index in [1.54, 1.807) is 0 Å². The van der Waals surface area contributed by atoms with Crippen molar-refractivity contribution < 1.29 is 14.6 Å². The number of aliphatic hydroxyl groups excluding tert-OH is 1. The van der Waals surface area contributed by atoms with Gasteiger partial charge in [0.25, 0.3) is 0 Å². The quantitative estimate of drug-likeness (QED) is 0.533. The van der Waals surface area contributed by atoms with Gasteiger partial charge < -0.3 is 19.9 Å². The minimum atomic E-state index is -0.515. The number of aliphatic hydroxyl groups is 1. The predicted octanol–water partition coefficient (Wildman–Crippen LogP) is 0.788. The molecule has 4 nitrogen and oxygen atoms in total. The molecule has 0 aliphatic rings. The zero-order chi connectivity index (χ0) is 11.5. The number of nitrogens with one attached hydrogen (secondary N) is 1. The fourth-order valence-corrected chi connectivity index (χ4v) is 1.02. The molecule has 15 heavy (non-hydrogen) atoms. The summed E-state index contributed by atoms with van der Waals surface area (Å²) >= 11 is 0. The molecule has 1 unspecified atom stereocenters. The van der Waals surface area contributed by atoms with E-state index in [1.165, 1.54) is 0 Å². The number of hydrogen-bond donors (Lipinski definition) is 2. The van der Waals surface area contributed by atoms with Crippen molar-refractivity contribution in [3.63, 3.8) is 0 Å². The molecule has 0 saturated heterocycles. The molecule has 0 spiro atoms. The molecule has 0 saturated carbocycles. The van der Waals surface area contributed by atoms with E-state index in [0.29, 0.717) is 19.8 Å². The van der Waals surface area contributed by atoms with E-state index < -0.39 is 6.10 Å². The molecule has 4 heteroatoms. The molecular formula is C11H25NO3. The largest absolute Gasteiger partial charge is 0.388 e. The molecule has 0 bridgehead atoms. The van der Waals surface area contributed by atoms with E-state index in [2.05, 4.69) is 12.2 Å². The molecule has 0 radical (unpaired) electrons. The second-order valence-electron chi connectivity index (χ2n) is 3.86. The summed E-state index contributed by atoms with van der Waals surface area (Å²) in [7, 11) is 0. The van der Waals surface area contributed by atoms with Crippen molar-refractivity contribution in [1.29, 1.82) is 0 Å². The van der Waals surface area contributed by atoms with Crippen LogP contribution in [0.15, 0.2) is 0 Å². The molecule has 0 heterocycles. The van der Waals surface area contributed by atoms with Gasteiger partial charge in [0.2, 0.25) is 0 Å². The predicted molar refractivity (Wildman–Crippen MR) is 61.1 cm³/mol. The lowest BCUT2D eigenvalue weighted by Crippen LogP contribution is -2.26. The van der Waals surface area contributed by atoms with Gasteiger partial charge in [-0.05, 0) is 26.8 Å². The highest BCUT2D eigenvalue weighted by Gasteiger charge is 2.05. The van der Waals surface area contributed by atoms with E-state index in [9.17, 15) is 5.11 Å². The van der Waals surface area contributed by atoms with Crippen LogP contribution in [-0.2, 0) is 9.47 Å². The summed E-state index contributed by atoms with van der Waals surface area (Å²) in [4.78, 5) is 0. The van der Waals surface area contributed by atoms with Gasteiger partial charge in [-0.2, -0.15) is 0 Å². The average Bonchev–Trinajstić information content (AvgIpc) is 2.20. The summed E-state index contributed by atoms with van der Waals surface area (Å²) in [6.07, 6.45) is 0.773. The summed E-state index contributed by atoms with van der Waals surface area (Å²) in [5.41, 5.74) is 0. The van der Waals surface area contributed by atoms with Crippen molar-refractivity contribution >= 4 is 0 Å². The van der Waals surface area contributed by atoms with Gasteiger partial charge in [0.05, 0.1) is 25.9 Å². The maximum Gasteiger partial charge on any atom is 0.101 e. The van der Waals surface area contributed by atoms with E-state index in [-0.39, 0.29) is 6.10 Å². The lowest BCUT2D eigenvalue weighted by Gasteiger charge is -2.13. The third-order valence-electron chi connectivity index (χ3n) is 1.78. The molecule has 0 rings (SSSR count). The normalized spacial score (nSPS) is 13.4. The van der Waals surface area contributed by atoms with E-state index in [0.717, 1.165) is 19.5 Å². The molecule has 2 N–H and O–H groups in total. The summed E-state index contributed by atoms with van der Waals surface area (Å²) in [6, 6.07) is 0. The molecule has 0 amide bonds. The van der Waals surface area contributed by atoms with Crippen LogP contribution in [-0.4, -0.2) is 50.2 Å². The Morgan fingerprint density at radius 3 is 2.53 bits per heavy atom. The monoisotopic (exact) mass is 219 g/mol. The van der Waals surface area contributed by atoms with Crippen molar-refractivity contribution in [1.82, 2.24) is 5.32 Å². The van der Waals surface area contributed by atoms with Gasteiger partial charge in [-0.15, -0.1) is 0 Å². The molecular weight excluding hydrogens is 194 g/mol. The smallest absolute Gasteiger partial charge is 0.101 e. The lowest BCUT2D eigenvalue weighted by molar-refractivity contribution is -0.0348. The van der Waals surface area contributed by atoms with Crippen LogP contribution in [0.4, 0.5) is 0 Å². The van der Waals surface area contributed by atoms with Crippen molar-refractivity contribution in [3.05, 3.63) is 0 Å². The van der Waals surface area contributed by atoms with Crippen LogP contribution in [0.2, 0.25) is 0 Å². The van der Waals surface area contributed by atoms with Gasteiger partial charge in [0.1, 0.15) is 6.10 Å². The lowest BCUT2D eigenvalue weighted by atomic mass is 10.4. The zero-order valence-corrected chi connectivity index (χ0v) is 10.2. The Balaban J connectivity index is 3.13. The maximum atomic E-state index is 9.43. The Morgan fingerprint density at radius 1 is 1.20 bits per heavy atom. The maximum absolute atomic E-state index is 9.43. The Labute approximate surface area is 93.0 Å². The summed E-state index contributed by atoms with van der Waals surface area (Å²) in [5.74, 6) is 0. The summed E-state index contributed by atoms with van der Waals surface area (Å²) in [5, 5.41) is 12.7. The van der Waals surface area contributed by atoms with Gasteiger partial charge in [0.15, 0.2) is 0 Å². The van der Waals surface area contributed by atoms with Crippen molar-refractivity contribution in [2.24, 2.45) is 0 Å². The van der Waals surface area contributed by atoms with Crippen molar-refractivity contribution in [2.75, 3.05) is 32.9 Å². The van der Waals surface area contributed by atoms with Gasteiger partial charge in [-0.25, -0.2) is 0 Å². The second kappa shape index (κ2) is 10.4. The molecule has 0 aromatic heterocycles. The first kappa shape index (κ1) is 14.8. The van der Waals surface area contributed by atoms with Crippen molar-refractivity contribution in [3.8, 4) is 0 Å². The van der Waals surface area contributed by atoms with Crippen LogP contribution in [0.1, 0.15) is 27.2 Å². The van der Waals surface area contributed by atoms with Crippen LogP contribution in [0.3, 0.4) is 0 Å². The molecule has 92 valence electrons. The van der Waals surface area contributed by atoms with Crippen LogP contribution < -0.4 is 5.32 Å². The highest BCUT2D eigenvalue weighted by Crippen LogP contribution is 1.92. The van der Waals surface area contributed by atoms with Gasteiger partial charge in [-0.3, -0.25) is 0 Å². The summed E-state index contributed by atoms with van der Waals surface area (Å²) < 4.78 is 10.5. The SMILES string of the molecule is CCCNCCOCC(O)COC(C)C. The van der Waals surface area contributed by atoms with Gasteiger partial charge in [-0.1, -0.05) is 6.92 Å². The van der Waals surface area contributed by atoms with Crippen LogP contribution >= 0.6 is 0 Å². The first-order valence-corrected chi connectivity index (χ1v) is 5.75. The average molecular weight is 219 g/mol. The van der Waals surface area contributed by atoms with Gasteiger partial charge in [0, 0.05) is 6.54 Å². The Hall–Kier alpha value is -0.160. The van der Waals surface area contributed by atoms with Crippen LogP contribution in [0, 0.1) is 0 Å². The van der Waals surface area contributed by atoms with Gasteiger partial charge >= 0.3 is 0 Å². The number of hydrogen-bond acceptors (Lipinski definition) is 4. The molecule has 0 aliphatic heterocycles. The van der Waals surface area contributed by atoms with Crippen LogP contribution in [0.25, 0.3) is 0 Å². The minimum Gasteiger partial charge on any atom is -0.388 e. The summed E-state index contributed by atoms with van der Waals surface area (Å²) in [6.45, 7) is 9.21. The number of rotatable bonds is 10. The van der Waals surface area contributed by atoms with Crippen LogP contribution in [0.5, 0.6) is 0 Å². The Bertz CT molecular complexity index is 131. The number of ether oxygens (including phenoxy) is 2. The first-order valence-electron chi connectivity index (χ1n) is 5.75. The molecule has 0 aliphatic carbocycles. The third-order valence-corrected chi connectivity index (χ3v) is 1.78. The van der Waals surface area contributed by atoms with E-state index in [1.807, 2.05) is 13.8 Å². The van der Waals surface area contributed by atoms with E-state index >= 15 is 0 Å². The molecule has 0 aromatic rings.